The first-order valence-electron chi connectivity index (χ1n) is 12.1. The van der Waals surface area contributed by atoms with Crippen LogP contribution in [-0.2, 0) is 19.1 Å². The van der Waals surface area contributed by atoms with Gasteiger partial charge in [-0.1, -0.05) is 55.5 Å². The Kier molecular flexibility index (Phi) is 6.47. The van der Waals surface area contributed by atoms with Gasteiger partial charge in [-0.3, -0.25) is 9.59 Å². The lowest BCUT2D eigenvalue weighted by Gasteiger charge is -2.24. The van der Waals surface area contributed by atoms with Gasteiger partial charge >= 0.3 is 12.1 Å². The van der Waals surface area contributed by atoms with E-state index in [-0.39, 0.29) is 49.9 Å². The fourth-order valence-corrected chi connectivity index (χ4v) is 5.67. The second-order valence-corrected chi connectivity index (χ2v) is 9.80. The van der Waals surface area contributed by atoms with Crippen LogP contribution in [-0.4, -0.2) is 66.9 Å². The van der Waals surface area contributed by atoms with Crippen molar-refractivity contribution in [3.8, 4) is 11.1 Å². The highest BCUT2D eigenvalue weighted by Crippen LogP contribution is 2.44. The molecule has 184 valence electrons. The predicted octanol–water partition coefficient (Wildman–Crippen LogP) is 3.11. The number of benzene rings is 2. The van der Waals surface area contributed by atoms with Crippen molar-refractivity contribution in [3.63, 3.8) is 0 Å². The molecular formula is C27H30N2O6. The van der Waals surface area contributed by atoms with Crippen LogP contribution in [0.3, 0.4) is 0 Å². The summed E-state index contributed by atoms with van der Waals surface area (Å²) in [5.41, 5.74) is 4.59. The Labute approximate surface area is 204 Å². The molecule has 2 aromatic carbocycles. The van der Waals surface area contributed by atoms with Gasteiger partial charge in [0, 0.05) is 19.0 Å². The van der Waals surface area contributed by atoms with Crippen LogP contribution in [0.2, 0.25) is 0 Å². The summed E-state index contributed by atoms with van der Waals surface area (Å²) in [4.78, 5) is 38.7. The molecule has 2 aliphatic heterocycles. The van der Waals surface area contributed by atoms with Crippen molar-refractivity contribution >= 4 is 18.0 Å². The highest BCUT2D eigenvalue weighted by Gasteiger charge is 2.42. The topological polar surface area (TPSA) is 105 Å². The van der Waals surface area contributed by atoms with Gasteiger partial charge in [0.15, 0.2) is 0 Å². The van der Waals surface area contributed by atoms with Gasteiger partial charge in [-0.15, -0.1) is 0 Å². The van der Waals surface area contributed by atoms with E-state index < -0.39 is 24.0 Å². The highest BCUT2D eigenvalue weighted by atomic mass is 16.5. The zero-order valence-corrected chi connectivity index (χ0v) is 19.7. The molecule has 2 aromatic rings. The third-order valence-corrected chi connectivity index (χ3v) is 7.56. The molecular weight excluding hydrogens is 448 g/mol. The van der Waals surface area contributed by atoms with E-state index in [2.05, 4.69) is 29.6 Å². The molecule has 5 rings (SSSR count). The third-order valence-electron chi connectivity index (χ3n) is 7.56. The number of carbonyl (C=O) groups excluding carboxylic acids is 2. The summed E-state index contributed by atoms with van der Waals surface area (Å²) in [5, 5.41) is 12.0. The van der Waals surface area contributed by atoms with E-state index >= 15 is 0 Å². The van der Waals surface area contributed by atoms with Crippen LogP contribution in [0, 0.1) is 17.8 Å². The zero-order valence-electron chi connectivity index (χ0n) is 19.7. The molecule has 0 saturated carbocycles. The van der Waals surface area contributed by atoms with Gasteiger partial charge < -0.3 is 24.8 Å². The van der Waals surface area contributed by atoms with Crippen LogP contribution >= 0.6 is 0 Å². The van der Waals surface area contributed by atoms with E-state index in [0.29, 0.717) is 13.1 Å². The minimum Gasteiger partial charge on any atom is -0.481 e. The molecule has 2 saturated heterocycles. The summed E-state index contributed by atoms with van der Waals surface area (Å²) >= 11 is 0. The number of hydrogen-bond acceptors (Lipinski definition) is 5. The van der Waals surface area contributed by atoms with Crippen molar-refractivity contribution < 1.29 is 29.0 Å². The molecule has 2 amide bonds. The van der Waals surface area contributed by atoms with Crippen LogP contribution in [0.4, 0.5) is 4.79 Å². The average molecular weight is 479 g/mol. The summed E-state index contributed by atoms with van der Waals surface area (Å²) < 4.78 is 11.2. The van der Waals surface area contributed by atoms with Gasteiger partial charge in [0.1, 0.15) is 6.61 Å². The number of rotatable bonds is 6. The quantitative estimate of drug-likeness (QED) is 0.661. The second-order valence-electron chi connectivity index (χ2n) is 9.80. The maximum atomic E-state index is 13.2. The molecule has 2 heterocycles. The fourth-order valence-electron chi connectivity index (χ4n) is 5.67. The number of likely N-dealkylation sites (tertiary alicyclic amines) is 1. The van der Waals surface area contributed by atoms with E-state index in [1.165, 1.54) is 0 Å². The molecule has 2 unspecified atom stereocenters. The van der Waals surface area contributed by atoms with Crippen molar-refractivity contribution in [2.75, 3.05) is 32.9 Å². The van der Waals surface area contributed by atoms with Crippen LogP contribution in [0.15, 0.2) is 48.5 Å². The number of hydrogen-bond donors (Lipinski definition) is 2. The predicted molar refractivity (Wildman–Crippen MR) is 128 cm³/mol. The lowest BCUT2D eigenvalue weighted by molar-refractivity contribution is -0.139. The smallest absolute Gasteiger partial charge is 0.407 e. The molecule has 3 aliphatic rings. The molecule has 35 heavy (non-hydrogen) atoms. The number of amides is 2. The maximum absolute atomic E-state index is 13.2. The first kappa shape index (κ1) is 23.4. The van der Waals surface area contributed by atoms with Gasteiger partial charge in [-0.25, -0.2) is 4.79 Å². The maximum Gasteiger partial charge on any atom is 0.407 e. The first-order chi connectivity index (χ1) is 16.9. The summed E-state index contributed by atoms with van der Waals surface area (Å²) in [6, 6.07) is 15.8. The first-order valence-corrected chi connectivity index (χ1v) is 12.1. The van der Waals surface area contributed by atoms with Crippen molar-refractivity contribution in [2.45, 2.75) is 25.3 Å². The number of carboxylic acids is 1. The largest absolute Gasteiger partial charge is 0.481 e. The van der Waals surface area contributed by atoms with E-state index in [9.17, 15) is 14.4 Å². The van der Waals surface area contributed by atoms with Crippen molar-refractivity contribution in [2.24, 2.45) is 17.8 Å². The molecule has 1 aliphatic carbocycles. The molecule has 4 atom stereocenters. The second kappa shape index (κ2) is 9.70. The summed E-state index contributed by atoms with van der Waals surface area (Å²) in [6.07, 6.45) is -0.521. The molecule has 2 N–H and O–H groups in total. The van der Waals surface area contributed by atoms with Crippen LogP contribution in [0.25, 0.3) is 11.1 Å². The van der Waals surface area contributed by atoms with Gasteiger partial charge in [-0.2, -0.15) is 0 Å². The van der Waals surface area contributed by atoms with Gasteiger partial charge in [-0.05, 0) is 34.1 Å². The minimum absolute atomic E-state index is 0.0392. The Bertz CT molecular complexity index is 1090. The summed E-state index contributed by atoms with van der Waals surface area (Å²) in [5.74, 6) is -1.45. The number of carboxylic acid groups (broad SMARTS) is 1. The normalized spacial score (nSPS) is 25.2. The van der Waals surface area contributed by atoms with Crippen LogP contribution < -0.4 is 5.32 Å². The minimum atomic E-state index is -0.852. The molecule has 8 nitrogen and oxygen atoms in total. The SMILES string of the molecule is C[C@@H]1CN(C(=O)C2COCC2NC(=O)OCC2c3ccccc3-c3ccccc32)C[C@H]1CC(=O)O. The monoisotopic (exact) mass is 478 g/mol. The molecule has 2 fully saturated rings. The number of fused-ring (bicyclic) bond motifs is 3. The third kappa shape index (κ3) is 4.62. The average Bonchev–Trinajstić information content (AvgIpc) is 3.53. The van der Waals surface area contributed by atoms with Gasteiger partial charge in [0.2, 0.25) is 5.91 Å². The van der Waals surface area contributed by atoms with E-state index in [0.717, 1.165) is 22.3 Å². The summed E-state index contributed by atoms with van der Waals surface area (Å²) in [6.45, 7) is 3.57. The van der Waals surface area contributed by atoms with Gasteiger partial charge in [0.05, 0.1) is 31.6 Å². The van der Waals surface area contributed by atoms with Crippen molar-refractivity contribution in [3.05, 3.63) is 59.7 Å². The van der Waals surface area contributed by atoms with Crippen LogP contribution in [0.5, 0.6) is 0 Å². The summed E-state index contributed by atoms with van der Waals surface area (Å²) in [7, 11) is 0. The zero-order chi connectivity index (χ0) is 24.5. The van der Waals surface area contributed by atoms with Gasteiger partial charge in [0.25, 0.3) is 0 Å². The standard InChI is InChI=1S/C27H30N2O6/c1-16-11-29(12-17(16)10-25(30)31)26(32)23-13-34-15-24(23)28-27(33)35-14-22-20-8-4-2-6-18(20)19-7-3-5-9-21(19)22/h2-9,16-17,22-24H,10-15H2,1H3,(H,28,33)(H,30,31)/t16-,17-,23?,24?/m1/s1. The number of alkyl carbamates (subject to hydrolysis) is 1. The molecule has 0 spiro atoms. The Morgan fingerprint density at radius 1 is 1.03 bits per heavy atom. The lowest BCUT2D eigenvalue weighted by Crippen LogP contribution is -2.47. The number of nitrogens with one attached hydrogen (secondary N) is 1. The number of carbonyl (C=O) groups is 3. The Morgan fingerprint density at radius 2 is 1.69 bits per heavy atom. The van der Waals surface area contributed by atoms with Crippen LogP contribution in [0.1, 0.15) is 30.4 Å². The van der Waals surface area contributed by atoms with Crippen molar-refractivity contribution in [1.82, 2.24) is 10.2 Å². The number of aliphatic carboxylic acids is 1. The fraction of sp³-hybridized carbons (Fsp3) is 0.444. The van der Waals surface area contributed by atoms with E-state index in [1.54, 1.807) is 4.90 Å². The Morgan fingerprint density at radius 3 is 2.34 bits per heavy atom. The highest BCUT2D eigenvalue weighted by molar-refractivity contribution is 5.82. The lowest BCUT2D eigenvalue weighted by atomic mass is 9.95. The van der Waals surface area contributed by atoms with E-state index in [1.807, 2.05) is 31.2 Å². The number of nitrogens with zero attached hydrogens (tertiary/aromatic N) is 1. The molecule has 0 aromatic heterocycles. The van der Waals surface area contributed by atoms with E-state index in [4.69, 9.17) is 14.6 Å². The molecule has 0 bridgehead atoms. The molecule has 0 radical (unpaired) electrons. The number of ether oxygens (including phenoxy) is 2. The molecule has 8 heteroatoms. The Balaban J connectivity index is 1.19. The Hall–Kier alpha value is -3.39. The van der Waals surface area contributed by atoms with Crippen molar-refractivity contribution in [1.29, 1.82) is 0 Å².